The van der Waals surface area contributed by atoms with Gasteiger partial charge in [-0.15, -0.1) is 0 Å². The summed E-state index contributed by atoms with van der Waals surface area (Å²) in [7, 11) is 0. The Bertz CT molecular complexity index is 313. The molecule has 1 atom stereocenters. The molecule has 3 saturated carbocycles. The third-order valence-corrected chi connectivity index (χ3v) is 5.86. The van der Waals surface area contributed by atoms with Crippen molar-refractivity contribution >= 4 is 0 Å². The molecule has 1 N–H and O–H groups in total. The minimum Gasteiger partial charge on any atom is -0.309 e. The maximum absolute atomic E-state index is 3.80. The van der Waals surface area contributed by atoms with Gasteiger partial charge in [0.25, 0.3) is 0 Å². The van der Waals surface area contributed by atoms with Gasteiger partial charge in [0.1, 0.15) is 0 Å². The summed E-state index contributed by atoms with van der Waals surface area (Å²) in [6.07, 6.45) is 9.05. The van der Waals surface area contributed by atoms with E-state index in [4.69, 9.17) is 0 Å². The summed E-state index contributed by atoms with van der Waals surface area (Å²) in [6.45, 7) is 7.70. The molecular weight excluding hydrogens is 208 g/mol. The average molecular weight is 234 g/mol. The Hall–Kier alpha value is -0.0800. The average Bonchev–Trinajstić information content (AvgIpc) is 3.11. The van der Waals surface area contributed by atoms with Gasteiger partial charge in [0, 0.05) is 31.7 Å². The number of nitrogens with zero attached hydrogens (tertiary/aromatic N) is 1. The molecule has 2 heteroatoms. The second-order valence-electron chi connectivity index (χ2n) is 7.47. The summed E-state index contributed by atoms with van der Waals surface area (Å²) in [4.78, 5) is 2.79. The molecule has 0 aromatic rings. The Labute approximate surface area is 105 Å². The summed E-state index contributed by atoms with van der Waals surface area (Å²) in [6, 6.07) is 0. The van der Waals surface area contributed by atoms with Crippen LogP contribution in [0.25, 0.3) is 0 Å². The second kappa shape index (κ2) is 3.48. The van der Waals surface area contributed by atoms with Crippen LogP contribution in [0.2, 0.25) is 0 Å². The first-order valence-corrected chi connectivity index (χ1v) is 7.68. The normalized spacial score (nSPS) is 41.5. The van der Waals surface area contributed by atoms with Crippen molar-refractivity contribution in [2.45, 2.75) is 51.0 Å². The highest BCUT2D eigenvalue weighted by atomic mass is 15.2. The molecule has 2 nitrogen and oxygen atoms in total. The van der Waals surface area contributed by atoms with Crippen LogP contribution in [-0.4, -0.2) is 36.6 Å². The van der Waals surface area contributed by atoms with Gasteiger partial charge in [-0.05, 0) is 62.7 Å². The molecular formula is C15H26N2. The Kier molecular flexibility index (Phi) is 2.21. The molecule has 96 valence electrons. The smallest absolute Gasteiger partial charge is 0.0309 e. The van der Waals surface area contributed by atoms with Crippen molar-refractivity contribution in [3.05, 3.63) is 0 Å². The van der Waals surface area contributed by atoms with Crippen molar-refractivity contribution in [2.24, 2.45) is 17.3 Å². The molecule has 1 heterocycles. The summed E-state index contributed by atoms with van der Waals surface area (Å²) >= 11 is 0. The number of nitrogens with one attached hydrogen (secondary N) is 1. The molecule has 0 amide bonds. The van der Waals surface area contributed by atoms with Crippen molar-refractivity contribution in [3.63, 3.8) is 0 Å². The molecule has 1 saturated heterocycles. The zero-order chi connectivity index (χ0) is 11.5. The maximum Gasteiger partial charge on any atom is 0.0309 e. The van der Waals surface area contributed by atoms with E-state index in [-0.39, 0.29) is 0 Å². The summed E-state index contributed by atoms with van der Waals surface area (Å²) in [5.41, 5.74) is 1.24. The molecule has 1 aliphatic heterocycles. The van der Waals surface area contributed by atoms with E-state index in [0.29, 0.717) is 5.54 Å². The molecule has 0 bridgehead atoms. The highest BCUT2D eigenvalue weighted by molar-refractivity contribution is 5.08. The van der Waals surface area contributed by atoms with Crippen LogP contribution in [-0.2, 0) is 0 Å². The Morgan fingerprint density at radius 2 is 1.82 bits per heavy atom. The Morgan fingerprint density at radius 1 is 1.12 bits per heavy atom. The first-order chi connectivity index (χ1) is 8.20. The van der Waals surface area contributed by atoms with Crippen LogP contribution in [0.15, 0.2) is 0 Å². The largest absolute Gasteiger partial charge is 0.309 e. The van der Waals surface area contributed by atoms with Gasteiger partial charge < -0.3 is 5.32 Å². The van der Waals surface area contributed by atoms with Crippen molar-refractivity contribution in [2.75, 3.05) is 26.2 Å². The molecule has 4 aliphatic rings. The van der Waals surface area contributed by atoms with Crippen LogP contribution < -0.4 is 5.32 Å². The molecule has 3 aliphatic carbocycles. The number of rotatable bonds is 4. The van der Waals surface area contributed by atoms with E-state index in [0.717, 1.165) is 17.3 Å². The molecule has 0 aromatic heterocycles. The zero-order valence-corrected chi connectivity index (χ0v) is 11.2. The fraction of sp³-hybridized carbons (Fsp3) is 1.00. The first-order valence-electron chi connectivity index (χ1n) is 7.68. The monoisotopic (exact) mass is 234 g/mol. The van der Waals surface area contributed by atoms with Gasteiger partial charge in [0.2, 0.25) is 0 Å². The van der Waals surface area contributed by atoms with Crippen LogP contribution in [0.1, 0.15) is 45.4 Å². The quantitative estimate of drug-likeness (QED) is 0.802. The predicted molar refractivity (Wildman–Crippen MR) is 70.0 cm³/mol. The lowest BCUT2D eigenvalue weighted by molar-refractivity contribution is 0.101. The van der Waals surface area contributed by atoms with Crippen LogP contribution in [0.5, 0.6) is 0 Å². The third kappa shape index (κ3) is 1.94. The van der Waals surface area contributed by atoms with Crippen LogP contribution in [0, 0.1) is 17.3 Å². The van der Waals surface area contributed by atoms with Gasteiger partial charge in [0.15, 0.2) is 0 Å². The van der Waals surface area contributed by atoms with Gasteiger partial charge in [0.05, 0.1) is 0 Å². The van der Waals surface area contributed by atoms with Gasteiger partial charge in [-0.1, -0.05) is 0 Å². The van der Waals surface area contributed by atoms with Crippen LogP contribution in [0.4, 0.5) is 0 Å². The summed E-state index contributed by atoms with van der Waals surface area (Å²) < 4.78 is 0. The van der Waals surface area contributed by atoms with Gasteiger partial charge in [-0.2, -0.15) is 0 Å². The van der Waals surface area contributed by atoms with Crippen LogP contribution >= 0.6 is 0 Å². The van der Waals surface area contributed by atoms with E-state index in [9.17, 15) is 0 Å². The minimum atomic E-state index is 0.442. The van der Waals surface area contributed by atoms with E-state index in [1.54, 1.807) is 0 Å². The standard InChI is InChI=1S/C15H26N2/c1-14(12-2-3-12)10-17(9-8-16-14)11-15(6-7-15)13-4-5-13/h12-13,16H,2-11H2,1H3. The highest BCUT2D eigenvalue weighted by Crippen LogP contribution is 2.61. The molecule has 0 aromatic carbocycles. The topological polar surface area (TPSA) is 15.3 Å². The van der Waals surface area contributed by atoms with E-state index in [1.165, 1.54) is 64.7 Å². The van der Waals surface area contributed by atoms with E-state index in [2.05, 4.69) is 17.1 Å². The van der Waals surface area contributed by atoms with E-state index >= 15 is 0 Å². The number of hydrogen-bond acceptors (Lipinski definition) is 2. The molecule has 0 spiro atoms. The van der Waals surface area contributed by atoms with Gasteiger partial charge >= 0.3 is 0 Å². The molecule has 17 heavy (non-hydrogen) atoms. The van der Waals surface area contributed by atoms with Crippen molar-refractivity contribution in [1.82, 2.24) is 10.2 Å². The lowest BCUT2D eigenvalue weighted by Crippen LogP contribution is -2.60. The SMILES string of the molecule is CC1(C2CC2)CN(CC2(C3CC3)CC2)CCN1. The molecule has 1 unspecified atom stereocenters. The molecule has 4 fully saturated rings. The van der Waals surface area contributed by atoms with Crippen molar-refractivity contribution in [3.8, 4) is 0 Å². The van der Waals surface area contributed by atoms with Gasteiger partial charge in [-0.3, -0.25) is 4.90 Å². The summed E-state index contributed by atoms with van der Waals surface area (Å²) in [5.74, 6) is 2.09. The molecule has 0 radical (unpaired) electrons. The lowest BCUT2D eigenvalue weighted by Gasteiger charge is -2.43. The zero-order valence-electron chi connectivity index (χ0n) is 11.2. The first kappa shape index (κ1) is 10.8. The Morgan fingerprint density at radius 3 is 2.41 bits per heavy atom. The lowest BCUT2D eigenvalue weighted by atomic mass is 9.91. The number of piperazine rings is 1. The van der Waals surface area contributed by atoms with Crippen molar-refractivity contribution in [1.29, 1.82) is 0 Å². The maximum atomic E-state index is 3.80. The molecule has 4 rings (SSSR count). The number of hydrogen-bond donors (Lipinski definition) is 1. The van der Waals surface area contributed by atoms with E-state index in [1.807, 2.05) is 0 Å². The fourth-order valence-corrected chi connectivity index (χ4v) is 4.22. The van der Waals surface area contributed by atoms with E-state index < -0.39 is 0 Å². The fourth-order valence-electron chi connectivity index (χ4n) is 4.22. The van der Waals surface area contributed by atoms with Crippen LogP contribution in [0.3, 0.4) is 0 Å². The van der Waals surface area contributed by atoms with Gasteiger partial charge in [-0.25, -0.2) is 0 Å². The third-order valence-electron chi connectivity index (χ3n) is 5.86. The van der Waals surface area contributed by atoms with Crippen molar-refractivity contribution < 1.29 is 0 Å². The minimum absolute atomic E-state index is 0.442. The second-order valence-corrected chi connectivity index (χ2v) is 7.47. The predicted octanol–water partition coefficient (Wildman–Crippen LogP) is 2.25. The Balaban J connectivity index is 1.40. The summed E-state index contributed by atoms with van der Waals surface area (Å²) in [5, 5.41) is 3.80. The highest BCUT2D eigenvalue weighted by Gasteiger charge is 2.55.